The molecular formula is C5H14ClOP. The van der Waals surface area contributed by atoms with Crippen molar-refractivity contribution in [2.24, 2.45) is 0 Å². The molecule has 0 heterocycles. The van der Waals surface area contributed by atoms with E-state index in [1.54, 1.807) is 7.11 Å². The van der Waals surface area contributed by atoms with Gasteiger partial charge in [-0.05, 0) is 0 Å². The third kappa shape index (κ3) is 6.68. The Morgan fingerprint density at radius 1 is 1.38 bits per heavy atom. The minimum absolute atomic E-state index is 0.702. The Bertz CT molecular complexity index is 74.9. The summed E-state index contributed by atoms with van der Waals surface area (Å²) in [6.07, 6.45) is 0.702. The van der Waals surface area contributed by atoms with Crippen LogP contribution >= 0.6 is 17.2 Å². The average molecular weight is 157 g/mol. The maximum atomic E-state index is 6.09. The Balaban J connectivity index is 3.73. The van der Waals surface area contributed by atoms with Gasteiger partial charge in [0.05, 0.1) is 0 Å². The molecule has 0 radical (unpaired) electrons. The van der Waals surface area contributed by atoms with Crippen LogP contribution in [-0.2, 0) is 4.74 Å². The van der Waals surface area contributed by atoms with E-state index in [-0.39, 0.29) is 0 Å². The molecule has 0 spiro atoms. The molecule has 0 aliphatic carbocycles. The van der Waals surface area contributed by atoms with Gasteiger partial charge >= 0.3 is 55.4 Å². The zero-order chi connectivity index (χ0) is 6.86. The molecule has 52 valence electrons. The summed E-state index contributed by atoms with van der Waals surface area (Å²) in [7, 11) is 1.68. The van der Waals surface area contributed by atoms with Crippen molar-refractivity contribution in [3.8, 4) is 0 Å². The van der Waals surface area contributed by atoms with Gasteiger partial charge < -0.3 is 0 Å². The first-order chi connectivity index (χ1) is 3.31. The van der Waals surface area contributed by atoms with E-state index in [0.29, 0.717) is 6.35 Å². The molecule has 1 nitrogen and oxygen atoms in total. The Hall–Kier alpha value is 0.680. The normalized spacial score (nSPS) is 17.4. The topological polar surface area (TPSA) is 9.23 Å². The third-order valence-electron chi connectivity index (χ3n) is 0.565. The van der Waals surface area contributed by atoms with E-state index in [2.05, 4.69) is 20.0 Å². The molecule has 0 aromatic rings. The second kappa shape index (κ2) is 2.13. The molecule has 0 unspecified atom stereocenters. The van der Waals surface area contributed by atoms with Crippen molar-refractivity contribution in [3.63, 3.8) is 0 Å². The molecule has 0 N–H and O–H groups in total. The number of rotatable bonds is 2. The Morgan fingerprint density at radius 2 is 1.75 bits per heavy atom. The second-order valence-electron chi connectivity index (χ2n) is 3.33. The van der Waals surface area contributed by atoms with Crippen LogP contribution in [0.15, 0.2) is 0 Å². The summed E-state index contributed by atoms with van der Waals surface area (Å²) in [6, 6.07) is 0. The van der Waals surface area contributed by atoms with Crippen LogP contribution in [-0.4, -0.2) is 33.5 Å². The van der Waals surface area contributed by atoms with Crippen LogP contribution in [0.25, 0.3) is 0 Å². The number of halogens is 1. The van der Waals surface area contributed by atoms with Crippen LogP contribution in [0.1, 0.15) is 0 Å². The van der Waals surface area contributed by atoms with Gasteiger partial charge in [0.1, 0.15) is 0 Å². The fourth-order valence-corrected chi connectivity index (χ4v) is 1.60. The van der Waals surface area contributed by atoms with E-state index < -0.39 is 5.96 Å². The first-order valence-electron chi connectivity index (χ1n) is 2.52. The van der Waals surface area contributed by atoms with Gasteiger partial charge in [0.15, 0.2) is 0 Å². The number of hydrogen-bond donors (Lipinski definition) is 0. The molecule has 0 rings (SSSR count). The van der Waals surface area contributed by atoms with Gasteiger partial charge in [0.25, 0.3) is 0 Å². The molecule has 0 saturated carbocycles. The standard InChI is InChI=1S/C5H14ClOP/c1-7-5-8(2,3,4)6/h5H2,1-4H3. The zero-order valence-electron chi connectivity index (χ0n) is 5.94. The van der Waals surface area contributed by atoms with E-state index >= 15 is 0 Å². The van der Waals surface area contributed by atoms with Gasteiger partial charge in [-0.15, -0.1) is 0 Å². The Labute approximate surface area is 56.1 Å². The molecule has 3 heteroatoms. The zero-order valence-corrected chi connectivity index (χ0v) is 7.59. The fraction of sp³-hybridized carbons (Fsp3) is 1.00. The molecule has 0 aromatic carbocycles. The van der Waals surface area contributed by atoms with Gasteiger partial charge in [-0.3, -0.25) is 0 Å². The quantitative estimate of drug-likeness (QED) is 0.557. The van der Waals surface area contributed by atoms with E-state index in [1.165, 1.54) is 0 Å². The summed E-state index contributed by atoms with van der Waals surface area (Å²) >= 11 is 6.09. The fourth-order valence-electron chi connectivity index (χ4n) is 0.436. The van der Waals surface area contributed by atoms with Crippen LogP contribution < -0.4 is 0 Å². The third-order valence-corrected chi connectivity index (χ3v) is 1.99. The van der Waals surface area contributed by atoms with Gasteiger partial charge in [-0.25, -0.2) is 0 Å². The van der Waals surface area contributed by atoms with Gasteiger partial charge in [-0.2, -0.15) is 0 Å². The summed E-state index contributed by atoms with van der Waals surface area (Å²) in [6.45, 7) is 6.20. The number of ether oxygens (including phenoxy) is 1. The second-order valence-corrected chi connectivity index (χ2v) is 13.2. The monoisotopic (exact) mass is 156 g/mol. The molecular weight excluding hydrogens is 142 g/mol. The molecule has 8 heavy (non-hydrogen) atoms. The minimum atomic E-state index is -1.85. The number of methoxy groups -OCH3 is 1. The van der Waals surface area contributed by atoms with E-state index in [9.17, 15) is 0 Å². The van der Waals surface area contributed by atoms with Crippen LogP contribution in [0.4, 0.5) is 0 Å². The Kier molecular flexibility index (Phi) is 2.31. The SMILES string of the molecule is COCP(C)(C)(C)Cl. The summed E-state index contributed by atoms with van der Waals surface area (Å²) < 4.78 is 4.94. The molecule has 0 aliphatic rings. The van der Waals surface area contributed by atoms with Crippen molar-refractivity contribution in [3.05, 3.63) is 0 Å². The van der Waals surface area contributed by atoms with Crippen molar-refractivity contribution in [1.29, 1.82) is 0 Å². The summed E-state index contributed by atoms with van der Waals surface area (Å²) in [5, 5.41) is 0. The summed E-state index contributed by atoms with van der Waals surface area (Å²) in [5.41, 5.74) is 0. The molecule has 0 atom stereocenters. The molecule has 0 fully saturated rings. The van der Waals surface area contributed by atoms with E-state index in [0.717, 1.165) is 0 Å². The molecule has 0 aromatic heterocycles. The molecule has 0 aliphatic heterocycles. The maximum absolute atomic E-state index is 6.09. The predicted molar refractivity (Wildman–Crippen MR) is 42.4 cm³/mol. The van der Waals surface area contributed by atoms with Crippen LogP contribution in [0.2, 0.25) is 0 Å². The van der Waals surface area contributed by atoms with Gasteiger partial charge in [-0.1, -0.05) is 0 Å². The Morgan fingerprint density at radius 3 is 1.75 bits per heavy atom. The van der Waals surface area contributed by atoms with Crippen LogP contribution in [0.5, 0.6) is 0 Å². The summed E-state index contributed by atoms with van der Waals surface area (Å²) in [4.78, 5) is 0. The van der Waals surface area contributed by atoms with Crippen molar-refractivity contribution < 1.29 is 4.74 Å². The van der Waals surface area contributed by atoms with Crippen molar-refractivity contribution in [2.75, 3.05) is 33.5 Å². The first-order valence-corrected chi connectivity index (χ1v) is 7.19. The first kappa shape index (κ1) is 8.68. The van der Waals surface area contributed by atoms with E-state index in [1.807, 2.05) is 0 Å². The van der Waals surface area contributed by atoms with Crippen molar-refractivity contribution in [2.45, 2.75) is 0 Å². The van der Waals surface area contributed by atoms with Crippen LogP contribution in [0.3, 0.4) is 0 Å². The van der Waals surface area contributed by atoms with Crippen LogP contribution in [0, 0.1) is 0 Å². The van der Waals surface area contributed by atoms with Crippen molar-refractivity contribution >= 4 is 17.2 Å². The average Bonchev–Trinajstić information content (AvgIpc) is 1.25. The number of hydrogen-bond acceptors (Lipinski definition) is 1. The summed E-state index contributed by atoms with van der Waals surface area (Å²) in [5.74, 6) is -1.85. The molecule has 0 bridgehead atoms. The van der Waals surface area contributed by atoms with Gasteiger partial charge in [0, 0.05) is 0 Å². The molecule has 0 amide bonds. The predicted octanol–water partition coefficient (Wildman–Crippen LogP) is 2.19. The van der Waals surface area contributed by atoms with E-state index in [4.69, 9.17) is 16.0 Å². The molecule has 0 saturated heterocycles. The van der Waals surface area contributed by atoms with Gasteiger partial charge in [0.2, 0.25) is 0 Å². The van der Waals surface area contributed by atoms with Crippen molar-refractivity contribution in [1.82, 2.24) is 0 Å².